The van der Waals surface area contributed by atoms with Gasteiger partial charge in [0, 0.05) is 12.4 Å². The molecule has 2 rings (SSSR count). The number of hydrogen-bond acceptors (Lipinski definition) is 4. The minimum Gasteiger partial charge on any atom is -0.348 e. The quantitative estimate of drug-likeness (QED) is 0.857. The fourth-order valence-corrected chi connectivity index (χ4v) is 1.32. The first-order valence-electron chi connectivity index (χ1n) is 4.90. The standard InChI is InChI=1S/C11H11FN4/c1-8(9-2-4-13-5-3-9)16-11-14-6-10(12)7-15-11/h2-8H,1H3,(H,14,15,16)/t8-/m0/s1. The summed E-state index contributed by atoms with van der Waals surface area (Å²) in [5.41, 5.74) is 1.07. The van der Waals surface area contributed by atoms with Crippen molar-refractivity contribution in [1.82, 2.24) is 15.0 Å². The van der Waals surface area contributed by atoms with Crippen LogP contribution in [0.1, 0.15) is 18.5 Å². The van der Waals surface area contributed by atoms with Crippen molar-refractivity contribution in [2.24, 2.45) is 0 Å². The summed E-state index contributed by atoms with van der Waals surface area (Å²) < 4.78 is 12.6. The van der Waals surface area contributed by atoms with Crippen LogP contribution in [0.3, 0.4) is 0 Å². The first kappa shape index (κ1) is 10.5. The lowest BCUT2D eigenvalue weighted by Crippen LogP contribution is -2.09. The van der Waals surface area contributed by atoms with Gasteiger partial charge in [0.1, 0.15) is 0 Å². The SMILES string of the molecule is C[C@H](Nc1ncc(F)cn1)c1ccncc1. The summed E-state index contributed by atoms with van der Waals surface area (Å²) >= 11 is 0. The summed E-state index contributed by atoms with van der Waals surface area (Å²) in [6.45, 7) is 1.97. The van der Waals surface area contributed by atoms with E-state index in [4.69, 9.17) is 0 Å². The van der Waals surface area contributed by atoms with Crippen LogP contribution in [0.4, 0.5) is 10.3 Å². The van der Waals surface area contributed by atoms with Gasteiger partial charge in [-0.2, -0.15) is 0 Å². The third-order valence-corrected chi connectivity index (χ3v) is 2.17. The van der Waals surface area contributed by atoms with E-state index >= 15 is 0 Å². The molecule has 0 amide bonds. The van der Waals surface area contributed by atoms with Crippen molar-refractivity contribution in [3.8, 4) is 0 Å². The average Bonchev–Trinajstić information content (AvgIpc) is 2.33. The molecular weight excluding hydrogens is 207 g/mol. The molecule has 0 bridgehead atoms. The predicted octanol–water partition coefficient (Wildman–Crippen LogP) is 2.18. The summed E-state index contributed by atoms with van der Waals surface area (Å²) in [5, 5.41) is 3.07. The van der Waals surface area contributed by atoms with Crippen molar-refractivity contribution in [1.29, 1.82) is 0 Å². The molecule has 0 saturated carbocycles. The van der Waals surface area contributed by atoms with Gasteiger partial charge in [0.2, 0.25) is 5.95 Å². The second-order valence-electron chi connectivity index (χ2n) is 3.37. The number of hydrogen-bond donors (Lipinski definition) is 1. The number of rotatable bonds is 3. The maximum absolute atomic E-state index is 12.6. The smallest absolute Gasteiger partial charge is 0.223 e. The van der Waals surface area contributed by atoms with Gasteiger partial charge in [-0.1, -0.05) is 0 Å². The van der Waals surface area contributed by atoms with Gasteiger partial charge in [-0.3, -0.25) is 4.98 Å². The molecular formula is C11H11FN4. The van der Waals surface area contributed by atoms with Gasteiger partial charge in [0.05, 0.1) is 18.4 Å². The zero-order valence-corrected chi connectivity index (χ0v) is 8.76. The third kappa shape index (κ3) is 2.50. The Morgan fingerprint density at radius 3 is 2.44 bits per heavy atom. The Labute approximate surface area is 92.6 Å². The van der Waals surface area contributed by atoms with Crippen LogP contribution in [0.25, 0.3) is 0 Å². The van der Waals surface area contributed by atoms with Crippen LogP contribution in [0.15, 0.2) is 36.9 Å². The van der Waals surface area contributed by atoms with E-state index in [9.17, 15) is 4.39 Å². The summed E-state index contributed by atoms with van der Waals surface area (Å²) in [7, 11) is 0. The van der Waals surface area contributed by atoms with Crippen LogP contribution in [0.2, 0.25) is 0 Å². The van der Waals surface area contributed by atoms with Gasteiger partial charge in [-0.15, -0.1) is 0 Å². The summed E-state index contributed by atoms with van der Waals surface area (Å²) in [6, 6.07) is 3.86. The fourth-order valence-electron chi connectivity index (χ4n) is 1.32. The molecule has 0 aromatic carbocycles. The molecule has 0 aliphatic rings. The van der Waals surface area contributed by atoms with Crippen molar-refractivity contribution < 1.29 is 4.39 Å². The van der Waals surface area contributed by atoms with Crippen molar-refractivity contribution in [2.75, 3.05) is 5.32 Å². The molecule has 5 heteroatoms. The Morgan fingerprint density at radius 2 is 1.81 bits per heavy atom. The number of halogens is 1. The van der Waals surface area contributed by atoms with Gasteiger partial charge in [-0.25, -0.2) is 14.4 Å². The van der Waals surface area contributed by atoms with Crippen molar-refractivity contribution in [3.05, 3.63) is 48.3 Å². The van der Waals surface area contributed by atoms with E-state index in [1.807, 2.05) is 19.1 Å². The van der Waals surface area contributed by atoms with Gasteiger partial charge in [-0.05, 0) is 24.6 Å². The molecule has 2 heterocycles. The highest BCUT2D eigenvalue weighted by Gasteiger charge is 2.06. The second kappa shape index (κ2) is 4.65. The highest BCUT2D eigenvalue weighted by atomic mass is 19.1. The Balaban J connectivity index is 2.08. The number of anilines is 1. The van der Waals surface area contributed by atoms with Crippen LogP contribution in [0.5, 0.6) is 0 Å². The van der Waals surface area contributed by atoms with Crippen molar-refractivity contribution in [2.45, 2.75) is 13.0 Å². The van der Waals surface area contributed by atoms with E-state index in [1.165, 1.54) is 0 Å². The molecule has 16 heavy (non-hydrogen) atoms. The van der Waals surface area contributed by atoms with Gasteiger partial charge >= 0.3 is 0 Å². The molecule has 0 fully saturated rings. The second-order valence-corrected chi connectivity index (χ2v) is 3.37. The molecule has 0 unspecified atom stereocenters. The Bertz CT molecular complexity index is 443. The Morgan fingerprint density at radius 1 is 1.19 bits per heavy atom. The molecule has 0 aliphatic carbocycles. The van der Waals surface area contributed by atoms with Crippen molar-refractivity contribution >= 4 is 5.95 Å². The van der Waals surface area contributed by atoms with Crippen LogP contribution >= 0.6 is 0 Å². The van der Waals surface area contributed by atoms with Crippen LogP contribution in [0, 0.1) is 5.82 Å². The van der Waals surface area contributed by atoms with E-state index < -0.39 is 5.82 Å². The average molecular weight is 218 g/mol. The maximum Gasteiger partial charge on any atom is 0.223 e. The summed E-state index contributed by atoms with van der Waals surface area (Å²) in [4.78, 5) is 11.6. The molecule has 0 aliphatic heterocycles. The van der Waals surface area contributed by atoms with Crippen LogP contribution in [-0.2, 0) is 0 Å². The summed E-state index contributed by atoms with van der Waals surface area (Å²) in [6.07, 6.45) is 5.71. The van der Waals surface area contributed by atoms with Gasteiger partial charge in [0.25, 0.3) is 0 Å². The number of pyridine rings is 1. The van der Waals surface area contributed by atoms with Crippen LogP contribution < -0.4 is 5.32 Å². The fraction of sp³-hybridized carbons (Fsp3) is 0.182. The first-order valence-corrected chi connectivity index (χ1v) is 4.90. The molecule has 0 saturated heterocycles. The summed E-state index contributed by atoms with van der Waals surface area (Å²) in [5.74, 6) is -0.0344. The highest BCUT2D eigenvalue weighted by molar-refractivity contribution is 5.29. The number of aromatic nitrogens is 3. The molecule has 1 N–H and O–H groups in total. The molecule has 4 nitrogen and oxygen atoms in total. The van der Waals surface area contributed by atoms with E-state index in [0.29, 0.717) is 5.95 Å². The highest BCUT2D eigenvalue weighted by Crippen LogP contribution is 2.14. The van der Waals surface area contributed by atoms with Gasteiger partial charge < -0.3 is 5.32 Å². The largest absolute Gasteiger partial charge is 0.348 e. The lowest BCUT2D eigenvalue weighted by atomic mass is 10.1. The molecule has 1 atom stereocenters. The maximum atomic E-state index is 12.6. The van der Waals surface area contributed by atoms with Crippen LogP contribution in [-0.4, -0.2) is 15.0 Å². The topological polar surface area (TPSA) is 50.7 Å². The third-order valence-electron chi connectivity index (χ3n) is 2.17. The Hall–Kier alpha value is -2.04. The van der Waals surface area contributed by atoms with E-state index in [-0.39, 0.29) is 6.04 Å². The zero-order valence-electron chi connectivity index (χ0n) is 8.76. The first-order chi connectivity index (χ1) is 7.75. The molecule has 2 aromatic rings. The lowest BCUT2D eigenvalue weighted by Gasteiger charge is -2.13. The number of nitrogens with one attached hydrogen (secondary N) is 1. The molecule has 2 aromatic heterocycles. The van der Waals surface area contributed by atoms with E-state index in [2.05, 4.69) is 20.3 Å². The van der Waals surface area contributed by atoms with E-state index in [1.54, 1.807) is 12.4 Å². The lowest BCUT2D eigenvalue weighted by molar-refractivity contribution is 0.613. The monoisotopic (exact) mass is 218 g/mol. The Kier molecular flexibility index (Phi) is 3.05. The molecule has 0 radical (unpaired) electrons. The minimum absolute atomic E-state index is 0.0495. The van der Waals surface area contributed by atoms with E-state index in [0.717, 1.165) is 18.0 Å². The predicted molar refractivity (Wildman–Crippen MR) is 58.3 cm³/mol. The normalized spacial score (nSPS) is 12.1. The molecule has 82 valence electrons. The minimum atomic E-state index is -0.442. The van der Waals surface area contributed by atoms with Gasteiger partial charge in [0.15, 0.2) is 5.82 Å². The molecule has 0 spiro atoms. The van der Waals surface area contributed by atoms with Crippen molar-refractivity contribution in [3.63, 3.8) is 0 Å². The zero-order chi connectivity index (χ0) is 11.4. The number of nitrogens with zero attached hydrogens (tertiary/aromatic N) is 3.